The minimum Gasteiger partial charge on any atom is -0.457 e. The van der Waals surface area contributed by atoms with Crippen molar-refractivity contribution < 1.29 is 4.74 Å². The van der Waals surface area contributed by atoms with E-state index in [2.05, 4.69) is 178 Å². The molecule has 0 saturated heterocycles. The Bertz CT molecular complexity index is 2420. The number of pyridine rings is 1. The van der Waals surface area contributed by atoms with Crippen molar-refractivity contribution in [2.75, 3.05) is 0 Å². The van der Waals surface area contributed by atoms with Gasteiger partial charge >= 0.3 is 0 Å². The molecule has 3 atom stereocenters. The molecule has 1 aliphatic rings. The lowest BCUT2D eigenvalue weighted by molar-refractivity contribution is 0.162. The first-order valence-electron chi connectivity index (χ1n) is 21.0. The van der Waals surface area contributed by atoms with Crippen LogP contribution < -0.4 is 4.74 Å². The number of ether oxygens (including phenoxy) is 1. The molecular formula is C51H64N4O. The summed E-state index contributed by atoms with van der Waals surface area (Å²) in [5.41, 5.74) is 11.1. The van der Waals surface area contributed by atoms with Gasteiger partial charge in [0.05, 0.1) is 22.4 Å². The maximum absolute atomic E-state index is 6.89. The van der Waals surface area contributed by atoms with Crippen LogP contribution in [0.15, 0.2) is 90.6 Å². The maximum Gasteiger partial charge on any atom is 0.137 e. The van der Waals surface area contributed by atoms with Crippen molar-refractivity contribution in [1.82, 2.24) is 19.3 Å². The normalized spacial score (nSPS) is 18.2. The van der Waals surface area contributed by atoms with Gasteiger partial charge in [0.2, 0.25) is 0 Å². The van der Waals surface area contributed by atoms with Gasteiger partial charge in [0, 0.05) is 46.3 Å². The van der Waals surface area contributed by atoms with E-state index in [1.54, 1.807) is 5.57 Å². The molecule has 294 valence electrons. The summed E-state index contributed by atoms with van der Waals surface area (Å²) in [4.78, 5) is 4.89. The van der Waals surface area contributed by atoms with Gasteiger partial charge in [-0.2, -0.15) is 5.10 Å². The number of allylic oxidation sites excluding steroid dienone is 2. The molecule has 0 amide bonds. The van der Waals surface area contributed by atoms with Crippen molar-refractivity contribution in [3.63, 3.8) is 0 Å². The molecule has 0 radical (unpaired) electrons. The van der Waals surface area contributed by atoms with E-state index < -0.39 is 0 Å². The summed E-state index contributed by atoms with van der Waals surface area (Å²) < 4.78 is 11.4. The van der Waals surface area contributed by atoms with Crippen LogP contribution in [-0.4, -0.2) is 19.3 Å². The van der Waals surface area contributed by atoms with Gasteiger partial charge in [0.15, 0.2) is 0 Å². The first-order chi connectivity index (χ1) is 26.3. The fourth-order valence-corrected chi connectivity index (χ4v) is 9.23. The van der Waals surface area contributed by atoms with Crippen LogP contribution in [0.5, 0.6) is 11.5 Å². The van der Waals surface area contributed by atoms with Crippen LogP contribution in [0.2, 0.25) is 0 Å². The topological polar surface area (TPSA) is 44.9 Å². The number of unbranched alkanes of at least 4 members (excludes halogenated alkanes) is 1. The van der Waals surface area contributed by atoms with E-state index in [-0.39, 0.29) is 16.2 Å². The SMILES string of the molecule is CCCCc1ccnc(-n2c3ccccc3c3ccc(Oc4cc(-n5nc(C)c([C@H]6C(C(C)(C)C)=C[C@H](C)C[C@@H]6C(C)(C)C)c5C)cc(C(C)(C)C)c4)cc32)c1. The van der Waals surface area contributed by atoms with Gasteiger partial charge in [-0.3, -0.25) is 4.57 Å². The Morgan fingerprint density at radius 3 is 2.21 bits per heavy atom. The second kappa shape index (κ2) is 14.7. The van der Waals surface area contributed by atoms with E-state index in [0.717, 1.165) is 52.6 Å². The van der Waals surface area contributed by atoms with Gasteiger partial charge in [-0.15, -0.1) is 0 Å². The largest absolute Gasteiger partial charge is 0.457 e. The third-order valence-electron chi connectivity index (χ3n) is 12.2. The second-order valence-corrected chi connectivity index (χ2v) is 19.8. The van der Waals surface area contributed by atoms with Gasteiger partial charge < -0.3 is 4.74 Å². The van der Waals surface area contributed by atoms with Crippen LogP contribution in [0.3, 0.4) is 0 Å². The Hall–Kier alpha value is -4.64. The van der Waals surface area contributed by atoms with Crippen molar-refractivity contribution in [1.29, 1.82) is 0 Å². The molecule has 0 N–H and O–H groups in total. The molecule has 1 aliphatic carbocycles. The molecule has 0 aliphatic heterocycles. The number of nitrogens with zero attached hydrogens (tertiary/aromatic N) is 4. The summed E-state index contributed by atoms with van der Waals surface area (Å²) in [6, 6.07) is 26.2. The van der Waals surface area contributed by atoms with Crippen molar-refractivity contribution in [2.24, 2.45) is 22.7 Å². The third-order valence-corrected chi connectivity index (χ3v) is 12.2. The zero-order valence-corrected chi connectivity index (χ0v) is 36.3. The van der Waals surface area contributed by atoms with Crippen LogP contribution in [0.4, 0.5) is 0 Å². The fraction of sp³-hybridized carbons (Fsp3) is 0.451. The van der Waals surface area contributed by atoms with Crippen molar-refractivity contribution in [3.8, 4) is 23.0 Å². The fourth-order valence-electron chi connectivity index (χ4n) is 9.23. The molecule has 0 fully saturated rings. The summed E-state index contributed by atoms with van der Waals surface area (Å²) in [6.45, 7) is 30.3. The quantitative estimate of drug-likeness (QED) is 0.146. The number of aromatic nitrogens is 4. The lowest BCUT2D eigenvalue weighted by atomic mass is 9.58. The highest BCUT2D eigenvalue weighted by atomic mass is 16.5. The molecule has 0 spiro atoms. The molecule has 3 aromatic carbocycles. The monoisotopic (exact) mass is 749 g/mol. The Labute approximate surface area is 336 Å². The molecule has 3 aromatic heterocycles. The van der Waals surface area contributed by atoms with Gasteiger partial charge in [0.25, 0.3) is 0 Å². The minimum atomic E-state index is -0.100. The summed E-state index contributed by atoms with van der Waals surface area (Å²) in [5.74, 6) is 3.89. The number of fused-ring (bicyclic) bond motifs is 3. The molecule has 56 heavy (non-hydrogen) atoms. The average Bonchev–Trinajstić information content (AvgIpc) is 3.61. The Morgan fingerprint density at radius 2 is 1.52 bits per heavy atom. The molecule has 5 heteroatoms. The average molecular weight is 749 g/mol. The number of benzene rings is 3. The van der Waals surface area contributed by atoms with E-state index in [1.165, 1.54) is 46.0 Å². The first kappa shape index (κ1) is 39.6. The molecule has 6 aromatic rings. The van der Waals surface area contributed by atoms with Crippen LogP contribution in [0, 0.1) is 36.5 Å². The number of aryl methyl sites for hydroxylation is 2. The Kier molecular flexibility index (Phi) is 10.4. The van der Waals surface area contributed by atoms with Crippen molar-refractivity contribution in [3.05, 3.63) is 119 Å². The highest BCUT2D eigenvalue weighted by molar-refractivity contribution is 6.09. The lowest BCUT2D eigenvalue weighted by Crippen LogP contribution is -2.36. The van der Waals surface area contributed by atoms with Crippen LogP contribution in [0.25, 0.3) is 33.3 Å². The van der Waals surface area contributed by atoms with E-state index in [1.807, 2.05) is 6.20 Å². The molecule has 0 unspecified atom stereocenters. The van der Waals surface area contributed by atoms with Crippen molar-refractivity contribution in [2.45, 2.75) is 127 Å². The molecule has 3 heterocycles. The number of rotatable bonds is 8. The number of para-hydroxylation sites is 1. The van der Waals surface area contributed by atoms with E-state index in [4.69, 9.17) is 14.8 Å². The Morgan fingerprint density at radius 1 is 0.786 bits per heavy atom. The minimum absolute atomic E-state index is 0.0533. The molecule has 5 nitrogen and oxygen atoms in total. The number of hydrogen-bond acceptors (Lipinski definition) is 3. The summed E-state index contributed by atoms with van der Waals surface area (Å²) in [7, 11) is 0. The zero-order valence-electron chi connectivity index (χ0n) is 36.3. The van der Waals surface area contributed by atoms with Gasteiger partial charge in [-0.25, -0.2) is 9.67 Å². The van der Waals surface area contributed by atoms with Gasteiger partial charge in [-0.1, -0.05) is 112 Å². The maximum atomic E-state index is 6.89. The summed E-state index contributed by atoms with van der Waals surface area (Å²) in [6.07, 6.45) is 9.08. The van der Waals surface area contributed by atoms with Gasteiger partial charge in [-0.05, 0) is 115 Å². The molecule has 0 saturated carbocycles. The predicted molar refractivity (Wildman–Crippen MR) is 236 cm³/mol. The third kappa shape index (κ3) is 7.59. The summed E-state index contributed by atoms with van der Waals surface area (Å²) in [5, 5.41) is 7.73. The Balaban J connectivity index is 1.34. The smallest absolute Gasteiger partial charge is 0.137 e. The highest BCUT2D eigenvalue weighted by Crippen LogP contribution is 2.54. The molecule has 7 rings (SSSR count). The standard InChI is InChI=1S/C51H64N4O/c1-14-15-18-35-23-24-52-46(27-35)54-44-20-17-16-19-40(44)41-22-21-38(31-45(41)54)56-39-29-36(49(5,6)7)28-37(30-39)55-34(4)47(33(3)53-55)48-42(50(8,9)10)25-32(2)26-43(48)51(11,12)13/h16-17,19-25,27-32,43,48H,14-15,18,26H2,1-13H3/t32-,43-,48-/m0/s1. The van der Waals surface area contributed by atoms with Crippen LogP contribution >= 0.6 is 0 Å². The molecule has 0 bridgehead atoms. The van der Waals surface area contributed by atoms with Crippen LogP contribution in [-0.2, 0) is 11.8 Å². The number of hydrogen-bond donors (Lipinski definition) is 0. The van der Waals surface area contributed by atoms with Crippen molar-refractivity contribution >= 4 is 21.8 Å². The zero-order chi connectivity index (χ0) is 40.3. The van der Waals surface area contributed by atoms with Crippen LogP contribution in [0.1, 0.15) is 129 Å². The summed E-state index contributed by atoms with van der Waals surface area (Å²) >= 11 is 0. The highest BCUT2D eigenvalue weighted by Gasteiger charge is 2.44. The van der Waals surface area contributed by atoms with E-state index in [9.17, 15) is 0 Å². The first-order valence-corrected chi connectivity index (χ1v) is 21.0. The lowest BCUT2D eigenvalue weighted by Gasteiger charge is -2.46. The predicted octanol–water partition coefficient (Wildman–Crippen LogP) is 14.2. The molecular weight excluding hydrogens is 685 g/mol. The van der Waals surface area contributed by atoms with Gasteiger partial charge in [0.1, 0.15) is 17.3 Å². The van der Waals surface area contributed by atoms with E-state index >= 15 is 0 Å². The second-order valence-electron chi connectivity index (χ2n) is 19.8. The van der Waals surface area contributed by atoms with E-state index in [0.29, 0.717) is 17.8 Å².